The Morgan fingerprint density at radius 3 is 2.19 bits per heavy atom. The van der Waals surface area contributed by atoms with Gasteiger partial charge in [-0.05, 0) is 43.2 Å². The molecule has 2 aromatic carbocycles. The highest BCUT2D eigenvalue weighted by atomic mass is 16.2. The minimum Gasteiger partial charge on any atom is -0.343 e. The lowest BCUT2D eigenvalue weighted by molar-refractivity contribution is -0.133. The molecule has 8 nitrogen and oxygen atoms in total. The van der Waals surface area contributed by atoms with E-state index in [0.29, 0.717) is 42.9 Å². The molecule has 0 spiro atoms. The molecular weight excluding hydrogens is 396 g/mol. The number of rotatable bonds is 6. The number of amides is 4. The van der Waals surface area contributed by atoms with Gasteiger partial charge in [0, 0.05) is 42.9 Å². The third-order valence-corrected chi connectivity index (χ3v) is 5.11. The lowest BCUT2D eigenvalue weighted by Gasteiger charge is -2.31. The zero-order valence-corrected chi connectivity index (χ0v) is 17.4. The summed E-state index contributed by atoms with van der Waals surface area (Å²) in [4.78, 5) is 49.9. The minimum absolute atomic E-state index is 0.0689. The van der Waals surface area contributed by atoms with E-state index in [9.17, 15) is 19.2 Å². The third kappa shape index (κ3) is 6.40. The Balaban J connectivity index is 1.44. The van der Waals surface area contributed by atoms with E-state index in [1.54, 1.807) is 53.4 Å². The highest BCUT2D eigenvalue weighted by Gasteiger charge is 2.27. The first kappa shape index (κ1) is 22.0. The monoisotopic (exact) mass is 422 g/mol. The lowest BCUT2D eigenvalue weighted by atomic mass is 9.95. The van der Waals surface area contributed by atoms with Gasteiger partial charge in [-0.1, -0.05) is 24.3 Å². The van der Waals surface area contributed by atoms with Crippen LogP contribution in [-0.4, -0.2) is 48.2 Å². The van der Waals surface area contributed by atoms with E-state index in [-0.39, 0.29) is 36.1 Å². The van der Waals surface area contributed by atoms with Crippen molar-refractivity contribution in [3.63, 3.8) is 0 Å². The van der Waals surface area contributed by atoms with E-state index in [0.717, 1.165) is 0 Å². The molecule has 1 aliphatic rings. The van der Waals surface area contributed by atoms with E-state index in [2.05, 4.69) is 16.0 Å². The van der Waals surface area contributed by atoms with Crippen LogP contribution in [0, 0.1) is 5.92 Å². The van der Waals surface area contributed by atoms with Crippen molar-refractivity contribution in [2.45, 2.75) is 19.8 Å². The predicted molar refractivity (Wildman–Crippen MR) is 117 cm³/mol. The number of hydrogen-bond acceptors (Lipinski definition) is 4. The fourth-order valence-electron chi connectivity index (χ4n) is 3.47. The van der Waals surface area contributed by atoms with E-state index < -0.39 is 0 Å². The number of anilines is 2. The number of carbonyl (C=O) groups excluding carboxylic acids is 4. The van der Waals surface area contributed by atoms with Gasteiger partial charge in [-0.25, -0.2) is 0 Å². The van der Waals surface area contributed by atoms with E-state index in [1.807, 2.05) is 6.07 Å². The van der Waals surface area contributed by atoms with Crippen LogP contribution in [0.15, 0.2) is 54.6 Å². The van der Waals surface area contributed by atoms with Crippen molar-refractivity contribution >= 4 is 35.0 Å². The lowest BCUT2D eigenvalue weighted by Crippen LogP contribution is -2.45. The largest absolute Gasteiger partial charge is 0.343 e. The summed E-state index contributed by atoms with van der Waals surface area (Å²) in [5.41, 5.74) is 1.73. The van der Waals surface area contributed by atoms with Crippen LogP contribution in [0.3, 0.4) is 0 Å². The van der Waals surface area contributed by atoms with Crippen molar-refractivity contribution < 1.29 is 19.2 Å². The molecule has 0 bridgehead atoms. The van der Waals surface area contributed by atoms with Gasteiger partial charge in [-0.15, -0.1) is 0 Å². The molecule has 162 valence electrons. The smallest absolute Gasteiger partial charge is 0.251 e. The Morgan fingerprint density at radius 2 is 1.55 bits per heavy atom. The quantitative estimate of drug-likeness (QED) is 0.664. The van der Waals surface area contributed by atoms with Crippen LogP contribution in [0.25, 0.3) is 0 Å². The zero-order valence-electron chi connectivity index (χ0n) is 17.4. The maximum Gasteiger partial charge on any atom is 0.251 e. The van der Waals surface area contributed by atoms with Gasteiger partial charge in [0.15, 0.2) is 0 Å². The molecule has 1 aliphatic heterocycles. The van der Waals surface area contributed by atoms with Crippen LogP contribution in [0.5, 0.6) is 0 Å². The highest BCUT2D eigenvalue weighted by Crippen LogP contribution is 2.21. The first-order chi connectivity index (χ1) is 14.9. The minimum atomic E-state index is -0.287. The molecule has 3 rings (SSSR count). The molecular formula is C23H26N4O4. The number of carbonyl (C=O) groups is 4. The third-order valence-electron chi connectivity index (χ3n) is 5.11. The molecule has 2 aromatic rings. The van der Waals surface area contributed by atoms with Crippen molar-refractivity contribution in [1.82, 2.24) is 10.2 Å². The van der Waals surface area contributed by atoms with Crippen LogP contribution in [0.4, 0.5) is 11.4 Å². The van der Waals surface area contributed by atoms with Crippen LogP contribution in [0.2, 0.25) is 0 Å². The second-order valence-corrected chi connectivity index (χ2v) is 7.46. The maximum atomic E-state index is 12.6. The van der Waals surface area contributed by atoms with E-state index >= 15 is 0 Å². The Kier molecular flexibility index (Phi) is 7.37. The van der Waals surface area contributed by atoms with Gasteiger partial charge < -0.3 is 20.9 Å². The molecule has 0 aliphatic carbocycles. The molecule has 31 heavy (non-hydrogen) atoms. The van der Waals surface area contributed by atoms with Gasteiger partial charge in [0.2, 0.25) is 17.7 Å². The number of piperidine rings is 1. The molecule has 3 N–H and O–H groups in total. The zero-order chi connectivity index (χ0) is 22.2. The molecule has 0 saturated carbocycles. The topological polar surface area (TPSA) is 108 Å². The van der Waals surface area contributed by atoms with Gasteiger partial charge in [0.25, 0.3) is 5.91 Å². The van der Waals surface area contributed by atoms with Crippen LogP contribution in [-0.2, 0) is 14.4 Å². The summed E-state index contributed by atoms with van der Waals surface area (Å²) >= 11 is 0. The fraction of sp³-hybridized carbons (Fsp3) is 0.304. The Bertz CT molecular complexity index is 953. The second kappa shape index (κ2) is 10.4. The molecule has 0 radical (unpaired) electrons. The number of nitrogens with one attached hydrogen (secondary N) is 3. The van der Waals surface area contributed by atoms with Gasteiger partial charge in [0.05, 0.1) is 6.54 Å². The molecule has 1 saturated heterocycles. The first-order valence-electron chi connectivity index (χ1n) is 10.2. The van der Waals surface area contributed by atoms with Crippen molar-refractivity contribution in [3.8, 4) is 0 Å². The molecule has 8 heteroatoms. The number of nitrogens with zero attached hydrogens (tertiary/aromatic N) is 1. The average molecular weight is 422 g/mol. The van der Waals surface area contributed by atoms with Gasteiger partial charge in [-0.2, -0.15) is 0 Å². The molecule has 4 amide bonds. The maximum absolute atomic E-state index is 12.6. The van der Waals surface area contributed by atoms with Crippen molar-refractivity contribution in [2.75, 3.05) is 30.3 Å². The Morgan fingerprint density at radius 1 is 0.903 bits per heavy atom. The molecule has 0 unspecified atom stereocenters. The SMILES string of the molecule is CC(=O)Nc1cccc(NC(=O)C2CCN(C(=O)CNC(=O)c3ccccc3)CC2)c1. The second-order valence-electron chi connectivity index (χ2n) is 7.46. The van der Waals surface area contributed by atoms with Crippen molar-refractivity contribution in [1.29, 1.82) is 0 Å². The molecule has 1 heterocycles. The summed E-state index contributed by atoms with van der Waals surface area (Å²) in [6.07, 6.45) is 1.10. The van der Waals surface area contributed by atoms with E-state index in [4.69, 9.17) is 0 Å². The van der Waals surface area contributed by atoms with Gasteiger partial charge in [-0.3, -0.25) is 19.2 Å². The van der Waals surface area contributed by atoms with Crippen molar-refractivity contribution in [3.05, 3.63) is 60.2 Å². The van der Waals surface area contributed by atoms with Crippen LogP contribution < -0.4 is 16.0 Å². The van der Waals surface area contributed by atoms with Crippen LogP contribution >= 0.6 is 0 Å². The summed E-state index contributed by atoms with van der Waals surface area (Å²) in [6, 6.07) is 15.7. The van der Waals surface area contributed by atoms with Gasteiger partial charge in [0.1, 0.15) is 0 Å². The molecule has 0 atom stereocenters. The standard InChI is InChI=1S/C23H26N4O4/c1-16(28)25-19-8-5-9-20(14-19)26-23(31)18-10-12-27(13-11-18)21(29)15-24-22(30)17-6-3-2-4-7-17/h2-9,14,18H,10-13,15H2,1H3,(H,24,30)(H,25,28)(H,26,31). The normalized spacial score (nSPS) is 13.9. The van der Waals surface area contributed by atoms with Gasteiger partial charge >= 0.3 is 0 Å². The average Bonchev–Trinajstić information content (AvgIpc) is 2.77. The summed E-state index contributed by atoms with van der Waals surface area (Å²) in [5, 5.41) is 8.20. The van der Waals surface area contributed by atoms with Crippen LogP contribution in [0.1, 0.15) is 30.1 Å². The number of benzene rings is 2. The number of likely N-dealkylation sites (tertiary alicyclic amines) is 1. The summed E-state index contributed by atoms with van der Waals surface area (Å²) < 4.78 is 0. The molecule has 0 aromatic heterocycles. The first-order valence-corrected chi connectivity index (χ1v) is 10.2. The predicted octanol–water partition coefficient (Wildman–Crippen LogP) is 2.25. The Hall–Kier alpha value is -3.68. The summed E-state index contributed by atoms with van der Waals surface area (Å²) in [6.45, 7) is 2.28. The fourth-order valence-corrected chi connectivity index (χ4v) is 3.47. The summed E-state index contributed by atoms with van der Waals surface area (Å²) in [7, 11) is 0. The Labute approximate surface area is 181 Å². The highest BCUT2D eigenvalue weighted by molar-refractivity contribution is 5.97. The van der Waals surface area contributed by atoms with E-state index in [1.165, 1.54) is 6.92 Å². The molecule has 1 fully saturated rings. The summed E-state index contributed by atoms with van der Waals surface area (Å²) in [5.74, 6) is -0.937. The number of hydrogen-bond donors (Lipinski definition) is 3. The van der Waals surface area contributed by atoms with Crippen molar-refractivity contribution in [2.24, 2.45) is 5.92 Å².